The molecule has 0 radical (unpaired) electrons. The number of halogens is 2. The summed E-state index contributed by atoms with van der Waals surface area (Å²) in [6.45, 7) is 33.0. The Morgan fingerprint density at radius 1 is 0.250 bits per heavy atom. The van der Waals surface area contributed by atoms with Crippen LogP contribution in [0.1, 0.15) is 175 Å². The van der Waals surface area contributed by atoms with Crippen molar-refractivity contribution in [2.75, 3.05) is 0 Å². The summed E-state index contributed by atoms with van der Waals surface area (Å²) in [6.07, 6.45) is 0. The number of para-hydroxylation sites is 2. The highest BCUT2D eigenvalue weighted by Gasteiger charge is 2.47. The molecule has 14 aromatic carbocycles. The maximum Gasteiger partial charge on any atom is 0.488 e. The molecule has 0 saturated carbocycles. The van der Waals surface area contributed by atoms with Gasteiger partial charge in [-0.05, 0) is 261 Å². The number of furan rings is 2. The van der Waals surface area contributed by atoms with Crippen molar-refractivity contribution in [3.05, 3.63) is 336 Å². The zero-order valence-corrected chi connectivity index (χ0v) is 68.9. The van der Waals surface area contributed by atoms with Crippen molar-refractivity contribution in [2.45, 2.75) is 135 Å². The fourth-order valence-electron chi connectivity index (χ4n) is 21.7. The second kappa shape index (κ2) is 23.4. The van der Waals surface area contributed by atoms with E-state index in [9.17, 15) is 10.0 Å². The van der Waals surface area contributed by atoms with Crippen LogP contribution in [0.15, 0.2) is 267 Å². The molecule has 7 heteroatoms. The van der Waals surface area contributed by atoms with Crippen molar-refractivity contribution in [1.29, 1.82) is 0 Å². The molecule has 7 aliphatic rings. The van der Waals surface area contributed by atoms with E-state index in [0.29, 0.717) is 5.46 Å². The van der Waals surface area contributed by atoms with Crippen LogP contribution in [0.4, 0.5) is 0 Å². The van der Waals surface area contributed by atoms with Gasteiger partial charge in [0, 0.05) is 69.5 Å². The first kappa shape index (κ1) is 69.6. The minimum atomic E-state index is -1.41. The average molecular weight is 1580 g/mol. The Bertz CT molecular complexity index is 6920. The van der Waals surface area contributed by atoms with E-state index in [1.54, 1.807) is 6.07 Å². The number of benzene rings is 14. The fourth-order valence-corrected chi connectivity index (χ4v) is 22.5. The lowest BCUT2D eigenvalue weighted by atomic mass is 9.77. The summed E-state index contributed by atoms with van der Waals surface area (Å²) < 4.78 is 15.5. The topological polar surface area (TPSA) is 66.7 Å². The maximum atomic E-state index is 9.29. The summed E-state index contributed by atoms with van der Waals surface area (Å²) in [7, 11) is -1.41. The van der Waals surface area contributed by atoms with Gasteiger partial charge >= 0.3 is 7.12 Å². The lowest BCUT2D eigenvalue weighted by molar-refractivity contribution is 0.425. The number of hydrogen-bond donors (Lipinski definition) is 2. The summed E-state index contributed by atoms with van der Waals surface area (Å²) in [5.74, 6) is 0. The van der Waals surface area contributed by atoms with Crippen LogP contribution >= 0.6 is 31.9 Å². The highest BCUT2D eigenvalue weighted by molar-refractivity contribution is 9.11. The second-order valence-corrected chi connectivity index (χ2v) is 38.1. The summed E-state index contributed by atoms with van der Waals surface area (Å²) in [5.41, 5.74) is 46.4. The van der Waals surface area contributed by atoms with E-state index in [2.05, 4.69) is 341 Å². The largest absolute Gasteiger partial charge is 0.488 e. The predicted octanol–water partition coefficient (Wildman–Crippen LogP) is 27.5. The monoisotopic (exact) mass is 1580 g/mol. The van der Waals surface area contributed by atoms with Gasteiger partial charge in [-0.1, -0.05) is 295 Å². The third-order valence-corrected chi connectivity index (χ3v) is 28.9. The molecule has 546 valence electrons. The summed E-state index contributed by atoms with van der Waals surface area (Å²) in [6, 6.07) is 91.9. The molecule has 0 spiro atoms. The lowest BCUT2D eigenvalue weighted by Crippen LogP contribution is -2.30. The minimum absolute atomic E-state index is 0.000630. The smallest absolute Gasteiger partial charge is 0.455 e. The van der Waals surface area contributed by atoms with Crippen LogP contribution in [-0.4, -0.2) is 17.2 Å². The van der Waals surface area contributed by atoms with E-state index in [-0.39, 0.29) is 37.9 Å². The van der Waals surface area contributed by atoms with Crippen LogP contribution in [0.25, 0.3) is 144 Å². The molecule has 2 aromatic heterocycles. The quantitative estimate of drug-likeness (QED) is 0.173. The molecule has 0 atom stereocenters. The number of rotatable bonds is 3. The Labute approximate surface area is 672 Å². The molecule has 0 bridgehead atoms. The molecule has 0 unspecified atom stereocenters. The highest BCUT2D eigenvalue weighted by Crippen LogP contribution is 2.63. The van der Waals surface area contributed by atoms with Gasteiger partial charge in [-0.2, -0.15) is 0 Å². The van der Waals surface area contributed by atoms with Crippen LogP contribution in [0.3, 0.4) is 0 Å². The Kier molecular flexibility index (Phi) is 14.5. The zero-order valence-electron chi connectivity index (χ0n) is 65.7. The highest BCUT2D eigenvalue weighted by atomic mass is 79.9. The third-order valence-electron chi connectivity index (χ3n) is 27.8. The van der Waals surface area contributed by atoms with Gasteiger partial charge in [-0.3, -0.25) is 0 Å². The molecule has 4 nitrogen and oxygen atoms in total. The Hall–Kier alpha value is -10.4. The second-order valence-electron chi connectivity index (χ2n) is 36.3. The van der Waals surface area contributed by atoms with Crippen LogP contribution in [0.2, 0.25) is 0 Å². The molecule has 0 saturated heterocycles. The summed E-state index contributed by atoms with van der Waals surface area (Å²) >= 11 is 7.52. The third kappa shape index (κ3) is 9.37. The van der Waals surface area contributed by atoms with Gasteiger partial charge in [0.25, 0.3) is 0 Å². The van der Waals surface area contributed by atoms with E-state index in [4.69, 9.17) is 8.83 Å². The SMILES string of the molecule is CC1(C)c2cc(Br)ccc2-c2cc3c(cc21)C(C)(C)c1cc(Br)c2oc4ccccc4c2c1-3.CC1(C)c2ccccc2-c2cc(-c3ccc4c(c3)C(C)(C)c3cc5c(cc3-4)-c3c(cc(-c4ccc6c(c4)-c4ccccc4C6(C)C)c4oc6ccccc6c34)C5(C)C)ccc21.CC1(C)c2ccccc2-c2cc(B(O)O)ccc21. The first-order valence-corrected chi connectivity index (χ1v) is 41.1. The molecular weight excluding hydrogens is 1500 g/mol. The first-order valence-electron chi connectivity index (χ1n) is 39.5. The van der Waals surface area contributed by atoms with Crippen molar-refractivity contribution < 1.29 is 18.9 Å². The van der Waals surface area contributed by atoms with E-state index in [1.807, 2.05) is 30.3 Å². The zero-order chi connectivity index (χ0) is 77.3. The Morgan fingerprint density at radius 3 is 1.12 bits per heavy atom. The molecule has 0 fully saturated rings. The van der Waals surface area contributed by atoms with Crippen molar-refractivity contribution in [2.24, 2.45) is 0 Å². The van der Waals surface area contributed by atoms with Gasteiger partial charge in [-0.15, -0.1) is 0 Å². The number of fused-ring (bicyclic) bond motifs is 29. The van der Waals surface area contributed by atoms with E-state index < -0.39 is 7.12 Å². The molecule has 23 rings (SSSR count). The Morgan fingerprint density at radius 2 is 0.598 bits per heavy atom. The van der Waals surface area contributed by atoms with Crippen LogP contribution in [0, 0.1) is 0 Å². The van der Waals surface area contributed by atoms with Gasteiger partial charge in [0.05, 0.1) is 4.47 Å². The van der Waals surface area contributed by atoms with Gasteiger partial charge in [0.1, 0.15) is 22.3 Å². The molecule has 0 aliphatic heterocycles. The normalized spacial score (nSPS) is 16.6. The standard InChI is InChI=1S/C60H48O.C30H22Br2O.C15H15BO2/c1-57(2)45-18-12-9-15-36(45)41-27-33(22-25-47(41)57)34-21-24-38-43-30-44-51(32-50(43)59(5,6)49(38)29-34)60(7,8)52-31-40(56-55(54(44)52)39-17-11-14-20-53(39)61-56)35-23-26-48-42(28-35)37-16-10-13-19-46(37)58(48,3)4;1-29(2)20-11-15(31)9-10-16(20)18-12-19-22(13-21(18)29)30(3,4)23-14-24(32)28-27(26(19)23)17-7-5-6-8-25(17)33-28;1-15(2)13-6-4-3-5-11(13)12-9-10(16(17)18)7-8-14(12)15/h9-32H,1-8H3;5-14H,1-4H3;3-9,17-18H,1-2H3. The minimum Gasteiger partial charge on any atom is -0.455 e. The van der Waals surface area contributed by atoms with Crippen LogP contribution in [0.5, 0.6) is 0 Å². The molecule has 0 amide bonds. The maximum absolute atomic E-state index is 9.29. The van der Waals surface area contributed by atoms with Crippen LogP contribution in [-0.2, 0) is 37.9 Å². The molecule has 7 aliphatic carbocycles. The van der Waals surface area contributed by atoms with E-state index in [1.165, 1.54) is 194 Å². The van der Waals surface area contributed by atoms with Crippen molar-refractivity contribution in [3.63, 3.8) is 0 Å². The van der Waals surface area contributed by atoms with Crippen molar-refractivity contribution in [1.82, 2.24) is 0 Å². The number of hydrogen-bond acceptors (Lipinski definition) is 4. The molecule has 2 heterocycles. The van der Waals surface area contributed by atoms with Crippen molar-refractivity contribution in [3.8, 4) is 100 Å². The van der Waals surface area contributed by atoms with Gasteiger partial charge in [0.15, 0.2) is 0 Å². The summed E-state index contributed by atoms with van der Waals surface area (Å²) in [5, 5.41) is 23.4. The van der Waals surface area contributed by atoms with Gasteiger partial charge in [-0.25, -0.2) is 0 Å². The van der Waals surface area contributed by atoms with E-state index in [0.717, 1.165) is 36.8 Å². The lowest BCUT2D eigenvalue weighted by Gasteiger charge is -2.26. The van der Waals surface area contributed by atoms with Gasteiger partial charge < -0.3 is 18.9 Å². The van der Waals surface area contributed by atoms with Crippen LogP contribution < -0.4 is 5.46 Å². The average Bonchev–Trinajstić information content (AvgIpc) is 1.52. The predicted molar refractivity (Wildman–Crippen MR) is 473 cm³/mol. The Balaban J connectivity index is 0.000000128. The molecule has 2 N–H and O–H groups in total. The fraction of sp³-hybridized carbons (Fsp3) is 0.200. The van der Waals surface area contributed by atoms with Gasteiger partial charge in [0.2, 0.25) is 0 Å². The molecule has 112 heavy (non-hydrogen) atoms. The van der Waals surface area contributed by atoms with Crippen molar-refractivity contribution >= 4 is 88.3 Å². The molecular formula is C105H85BBr2O4. The summed E-state index contributed by atoms with van der Waals surface area (Å²) in [4.78, 5) is 0. The first-order chi connectivity index (χ1) is 53.5. The molecule has 16 aromatic rings. The van der Waals surface area contributed by atoms with E-state index >= 15 is 0 Å².